The third kappa shape index (κ3) is 5.29. The average Bonchev–Trinajstić information content (AvgIpc) is 2.34. The fourth-order valence-electron chi connectivity index (χ4n) is 1.71. The number of hydrogen-bond acceptors (Lipinski definition) is 2. The number of rotatable bonds is 5. The van der Waals surface area contributed by atoms with Crippen molar-refractivity contribution in [1.82, 2.24) is 0 Å². The fourth-order valence-corrected chi connectivity index (χ4v) is 1.71. The Morgan fingerprint density at radius 3 is 2.26 bits per heavy atom. The predicted molar refractivity (Wildman–Crippen MR) is 79.9 cm³/mol. The molecule has 104 valence electrons. The summed E-state index contributed by atoms with van der Waals surface area (Å²) < 4.78 is 5.31. The highest BCUT2D eigenvalue weighted by Crippen LogP contribution is 2.19. The largest absolute Gasteiger partial charge is 0.456 e. The zero-order chi connectivity index (χ0) is 14.5. The van der Waals surface area contributed by atoms with Gasteiger partial charge in [-0.15, -0.1) is 0 Å². The van der Waals surface area contributed by atoms with E-state index in [0.717, 1.165) is 12.0 Å². The first-order chi connectivity index (χ1) is 8.83. The molecule has 0 amide bonds. The first-order valence-electron chi connectivity index (χ1n) is 6.85. The monoisotopic (exact) mass is 260 g/mol. The van der Waals surface area contributed by atoms with Crippen LogP contribution < -0.4 is 0 Å². The van der Waals surface area contributed by atoms with Crippen LogP contribution >= 0.6 is 0 Å². The van der Waals surface area contributed by atoms with E-state index in [2.05, 4.69) is 25.6 Å². The van der Waals surface area contributed by atoms with E-state index < -0.39 is 5.60 Å². The number of carbonyl (C=O) groups excluding carboxylic acids is 1. The Balaban J connectivity index is 2.70. The predicted octanol–water partition coefficient (Wildman–Crippen LogP) is 4.38. The number of carbonyl (C=O) groups is 1. The van der Waals surface area contributed by atoms with Crippen LogP contribution in [0.25, 0.3) is 5.57 Å². The second kappa shape index (κ2) is 6.55. The minimum absolute atomic E-state index is 0.353. The van der Waals surface area contributed by atoms with Gasteiger partial charge in [0.2, 0.25) is 0 Å². The quantitative estimate of drug-likeness (QED) is 0.580. The molecule has 0 bridgehead atoms. The van der Waals surface area contributed by atoms with E-state index in [4.69, 9.17) is 4.74 Å². The van der Waals surface area contributed by atoms with Gasteiger partial charge in [-0.1, -0.05) is 44.2 Å². The highest BCUT2D eigenvalue weighted by molar-refractivity contribution is 6.15. The van der Waals surface area contributed by atoms with E-state index in [1.807, 2.05) is 32.9 Å². The van der Waals surface area contributed by atoms with Gasteiger partial charge in [0, 0.05) is 0 Å². The van der Waals surface area contributed by atoms with Crippen LogP contribution in [0.15, 0.2) is 30.8 Å². The minimum Gasteiger partial charge on any atom is -0.456 e. The number of esters is 1. The zero-order valence-corrected chi connectivity index (χ0v) is 12.5. The second-order valence-corrected chi connectivity index (χ2v) is 5.78. The third-order valence-electron chi connectivity index (χ3n) is 2.77. The normalized spacial score (nSPS) is 11.2. The Kier molecular flexibility index (Phi) is 5.34. The molecule has 0 aliphatic carbocycles. The molecule has 0 heterocycles. The van der Waals surface area contributed by atoms with E-state index in [9.17, 15) is 4.79 Å². The van der Waals surface area contributed by atoms with Gasteiger partial charge in [0.25, 0.3) is 0 Å². The molecule has 1 rings (SSSR count). The molecular formula is C17H24O2. The van der Waals surface area contributed by atoms with Crippen molar-refractivity contribution < 1.29 is 9.53 Å². The summed E-state index contributed by atoms with van der Waals surface area (Å²) in [6, 6.07) is 8.00. The third-order valence-corrected chi connectivity index (χ3v) is 2.77. The second-order valence-electron chi connectivity index (χ2n) is 5.78. The SMILES string of the molecule is C=C(C(=O)OC(C)(C)C)c1ccc(CCCC)cc1. The Morgan fingerprint density at radius 1 is 1.21 bits per heavy atom. The first-order valence-corrected chi connectivity index (χ1v) is 6.85. The van der Waals surface area contributed by atoms with E-state index in [1.54, 1.807) is 0 Å². The summed E-state index contributed by atoms with van der Waals surface area (Å²) in [6.45, 7) is 11.6. The molecule has 0 aliphatic rings. The van der Waals surface area contributed by atoms with Gasteiger partial charge in [-0.05, 0) is 44.7 Å². The molecule has 0 unspecified atom stereocenters. The molecule has 0 radical (unpaired) electrons. The van der Waals surface area contributed by atoms with Crippen molar-refractivity contribution in [3.63, 3.8) is 0 Å². The molecule has 0 fully saturated rings. The van der Waals surface area contributed by atoms with Gasteiger partial charge in [0.1, 0.15) is 5.60 Å². The lowest BCUT2D eigenvalue weighted by molar-refractivity contribution is -0.147. The maximum atomic E-state index is 11.9. The minimum atomic E-state index is -0.485. The van der Waals surface area contributed by atoms with Gasteiger partial charge in [-0.2, -0.15) is 0 Å². The lowest BCUT2D eigenvalue weighted by Gasteiger charge is -2.20. The van der Waals surface area contributed by atoms with Crippen LogP contribution in [0.3, 0.4) is 0 Å². The summed E-state index contributed by atoms with van der Waals surface area (Å²) in [6.07, 6.45) is 3.45. The average molecular weight is 260 g/mol. The molecule has 2 nitrogen and oxygen atoms in total. The van der Waals surface area contributed by atoms with E-state index in [0.29, 0.717) is 5.57 Å². The Hall–Kier alpha value is -1.57. The van der Waals surface area contributed by atoms with Crippen molar-refractivity contribution in [3.05, 3.63) is 42.0 Å². The maximum Gasteiger partial charge on any atom is 0.338 e. The Morgan fingerprint density at radius 2 is 1.79 bits per heavy atom. The fraction of sp³-hybridized carbons (Fsp3) is 0.471. The molecule has 0 N–H and O–H groups in total. The van der Waals surface area contributed by atoms with Crippen LogP contribution in [0, 0.1) is 0 Å². The van der Waals surface area contributed by atoms with Crippen molar-refractivity contribution in [3.8, 4) is 0 Å². The van der Waals surface area contributed by atoms with Crippen molar-refractivity contribution in [1.29, 1.82) is 0 Å². The topological polar surface area (TPSA) is 26.3 Å². The van der Waals surface area contributed by atoms with Crippen molar-refractivity contribution in [2.24, 2.45) is 0 Å². The van der Waals surface area contributed by atoms with Crippen LogP contribution in [0.2, 0.25) is 0 Å². The van der Waals surface area contributed by atoms with Crippen LogP contribution in [-0.2, 0) is 16.0 Å². The summed E-state index contributed by atoms with van der Waals surface area (Å²) in [4.78, 5) is 11.9. The highest BCUT2D eigenvalue weighted by Gasteiger charge is 2.19. The number of unbranched alkanes of at least 4 members (excludes halogenated alkanes) is 1. The van der Waals surface area contributed by atoms with Gasteiger partial charge in [0.05, 0.1) is 5.57 Å². The Labute approximate surface area is 116 Å². The van der Waals surface area contributed by atoms with Crippen LogP contribution in [0.4, 0.5) is 0 Å². The highest BCUT2D eigenvalue weighted by atomic mass is 16.6. The zero-order valence-electron chi connectivity index (χ0n) is 12.5. The Bertz CT molecular complexity index is 435. The smallest absolute Gasteiger partial charge is 0.338 e. The summed E-state index contributed by atoms with van der Waals surface area (Å²) in [5.74, 6) is -0.353. The standard InChI is InChI=1S/C17H24O2/c1-6-7-8-14-9-11-15(12-10-14)13(2)16(18)19-17(3,4)5/h9-12H,2,6-8H2,1,3-5H3. The van der Waals surface area contributed by atoms with Gasteiger partial charge in [-0.3, -0.25) is 0 Å². The van der Waals surface area contributed by atoms with Gasteiger partial charge in [-0.25, -0.2) is 4.79 Å². The summed E-state index contributed by atoms with van der Waals surface area (Å²) in [5, 5.41) is 0. The molecule has 0 aromatic heterocycles. The van der Waals surface area contributed by atoms with Gasteiger partial charge in [0.15, 0.2) is 0 Å². The summed E-state index contributed by atoms with van der Waals surface area (Å²) >= 11 is 0. The molecule has 1 aromatic carbocycles. The molecule has 0 saturated heterocycles. The van der Waals surface area contributed by atoms with Gasteiger partial charge < -0.3 is 4.74 Å². The molecule has 0 atom stereocenters. The van der Waals surface area contributed by atoms with Crippen molar-refractivity contribution in [2.45, 2.75) is 52.6 Å². The molecule has 1 aromatic rings. The van der Waals surface area contributed by atoms with Crippen molar-refractivity contribution >= 4 is 11.5 Å². The van der Waals surface area contributed by atoms with Crippen LogP contribution in [-0.4, -0.2) is 11.6 Å². The van der Waals surface area contributed by atoms with E-state index in [1.165, 1.54) is 18.4 Å². The number of benzene rings is 1. The molecule has 0 aliphatic heterocycles. The lowest BCUT2D eigenvalue weighted by atomic mass is 10.0. The van der Waals surface area contributed by atoms with Crippen molar-refractivity contribution in [2.75, 3.05) is 0 Å². The van der Waals surface area contributed by atoms with Crippen LogP contribution in [0.1, 0.15) is 51.7 Å². The lowest BCUT2D eigenvalue weighted by Crippen LogP contribution is -2.24. The molecule has 19 heavy (non-hydrogen) atoms. The molecule has 2 heteroatoms. The molecule has 0 spiro atoms. The molecule has 0 saturated carbocycles. The number of hydrogen-bond donors (Lipinski definition) is 0. The maximum absolute atomic E-state index is 11.9. The van der Waals surface area contributed by atoms with E-state index in [-0.39, 0.29) is 5.97 Å². The summed E-state index contributed by atoms with van der Waals surface area (Å²) in [7, 11) is 0. The summed E-state index contributed by atoms with van der Waals surface area (Å²) in [5.41, 5.74) is 2.05. The van der Waals surface area contributed by atoms with E-state index >= 15 is 0 Å². The first kappa shape index (κ1) is 15.5. The van der Waals surface area contributed by atoms with Gasteiger partial charge >= 0.3 is 5.97 Å². The number of ether oxygens (including phenoxy) is 1. The van der Waals surface area contributed by atoms with Crippen LogP contribution in [0.5, 0.6) is 0 Å². The molecular weight excluding hydrogens is 236 g/mol. The number of aryl methyl sites for hydroxylation is 1.